The summed E-state index contributed by atoms with van der Waals surface area (Å²) in [5.41, 5.74) is 7.90. The molecular weight excluding hydrogens is 412 g/mol. The Balaban J connectivity index is 1.50. The summed E-state index contributed by atoms with van der Waals surface area (Å²) in [5, 5.41) is 2.37. The highest BCUT2D eigenvalue weighted by molar-refractivity contribution is 7.99. The number of hydrogen-bond acceptors (Lipinski definition) is 6. The number of aromatic nitrogens is 2. The van der Waals surface area contributed by atoms with Crippen LogP contribution in [0.2, 0.25) is 0 Å². The van der Waals surface area contributed by atoms with Crippen molar-refractivity contribution in [3.8, 4) is 11.4 Å². The van der Waals surface area contributed by atoms with E-state index in [1.54, 1.807) is 0 Å². The van der Waals surface area contributed by atoms with Gasteiger partial charge in [0.25, 0.3) is 0 Å². The molecule has 1 aliphatic heterocycles. The molecule has 158 valence electrons. The monoisotopic (exact) mass is 440 g/mol. The average Bonchev–Trinajstić information content (AvgIpc) is 3.42. The van der Waals surface area contributed by atoms with Crippen LogP contribution < -0.4 is 0 Å². The van der Waals surface area contributed by atoms with Crippen molar-refractivity contribution in [1.29, 1.82) is 0 Å². The first-order valence-electron chi connectivity index (χ1n) is 11.0. The molecule has 30 heavy (non-hydrogen) atoms. The SMILES string of the molecule is C1=C\COCCSc2nc(cc3c2CCC3)-c2cc3c(c(n2)SCCOC/1)CCC3. The molecule has 0 atom stereocenters. The van der Waals surface area contributed by atoms with Gasteiger partial charge in [-0.2, -0.15) is 0 Å². The molecule has 2 aromatic heterocycles. The highest BCUT2D eigenvalue weighted by Gasteiger charge is 2.22. The molecule has 0 unspecified atom stereocenters. The van der Waals surface area contributed by atoms with Crippen molar-refractivity contribution in [3.63, 3.8) is 0 Å². The third-order valence-electron chi connectivity index (χ3n) is 5.89. The van der Waals surface area contributed by atoms with Gasteiger partial charge >= 0.3 is 0 Å². The Kier molecular flexibility index (Phi) is 6.75. The zero-order chi connectivity index (χ0) is 20.2. The number of aryl methyl sites for hydroxylation is 2. The average molecular weight is 441 g/mol. The molecule has 0 spiro atoms. The predicted molar refractivity (Wildman–Crippen MR) is 124 cm³/mol. The fourth-order valence-corrected chi connectivity index (χ4v) is 6.35. The highest BCUT2D eigenvalue weighted by Crippen LogP contribution is 2.37. The molecule has 0 amide bonds. The topological polar surface area (TPSA) is 44.2 Å². The lowest BCUT2D eigenvalue weighted by Crippen LogP contribution is -2.03. The van der Waals surface area contributed by atoms with E-state index in [4.69, 9.17) is 19.4 Å². The van der Waals surface area contributed by atoms with Crippen LogP contribution >= 0.6 is 23.5 Å². The van der Waals surface area contributed by atoms with Gasteiger partial charge in [0.15, 0.2) is 0 Å². The predicted octanol–water partition coefficient (Wildman–Crippen LogP) is 4.91. The molecule has 0 radical (unpaired) electrons. The molecule has 2 aliphatic carbocycles. The maximum Gasteiger partial charge on any atom is 0.100 e. The summed E-state index contributed by atoms with van der Waals surface area (Å²) in [5.74, 6) is 1.85. The van der Waals surface area contributed by atoms with Crippen LogP contribution in [0.15, 0.2) is 34.3 Å². The van der Waals surface area contributed by atoms with Gasteiger partial charge in [0.2, 0.25) is 0 Å². The van der Waals surface area contributed by atoms with E-state index >= 15 is 0 Å². The van der Waals surface area contributed by atoms with E-state index < -0.39 is 0 Å². The van der Waals surface area contributed by atoms with Crippen LogP contribution in [-0.4, -0.2) is 47.9 Å². The van der Waals surface area contributed by atoms with E-state index in [1.807, 2.05) is 23.5 Å². The highest BCUT2D eigenvalue weighted by atomic mass is 32.2. The second-order valence-electron chi connectivity index (χ2n) is 7.93. The molecule has 0 N–H and O–H groups in total. The van der Waals surface area contributed by atoms with Crippen molar-refractivity contribution in [2.45, 2.75) is 48.6 Å². The zero-order valence-electron chi connectivity index (χ0n) is 17.3. The van der Waals surface area contributed by atoms with E-state index in [1.165, 1.54) is 45.1 Å². The number of fused-ring (bicyclic) bond motifs is 9. The third kappa shape index (κ3) is 4.62. The molecule has 0 saturated carbocycles. The standard InChI is InChI=1S/C24H28N2O2S2/c1-2-10-28-12-14-30-24-20-8-4-6-18(20)16-22(26-24)21-15-17-5-3-7-19(17)23(25-21)29-13-11-27-9-1/h1-2,15-16H,3-14H2/b2-1-. The van der Waals surface area contributed by atoms with E-state index in [0.29, 0.717) is 13.2 Å². The molecule has 4 bridgehead atoms. The van der Waals surface area contributed by atoms with Gasteiger partial charge in [-0.3, -0.25) is 0 Å². The number of nitrogens with zero attached hydrogens (tertiary/aromatic N) is 2. The van der Waals surface area contributed by atoms with E-state index in [0.717, 1.165) is 61.8 Å². The second-order valence-corrected chi connectivity index (χ2v) is 10.1. The number of ether oxygens (including phenoxy) is 2. The molecule has 3 heterocycles. The number of pyridine rings is 2. The summed E-state index contributed by atoms with van der Waals surface area (Å²) in [4.78, 5) is 10.2. The zero-order valence-corrected chi connectivity index (χ0v) is 19.0. The van der Waals surface area contributed by atoms with Crippen molar-refractivity contribution in [1.82, 2.24) is 9.97 Å². The van der Waals surface area contributed by atoms with Crippen LogP contribution in [-0.2, 0) is 35.2 Å². The van der Waals surface area contributed by atoms with Crippen molar-refractivity contribution in [3.05, 3.63) is 46.5 Å². The summed E-state index contributed by atoms with van der Waals surface area (Å²) in [6.07, 6.45) is 11.2. The Labute approximate surface area is 187 Å². The van der Waals surface area contributed by atoms with Crippen LogP contribution in [0.25, 0.3) is 11.4 Å². The molecule has 0 saturated heterocycles. The lowest BCUT2D eigenvalue weighted by molar-refractivity contribution is 0.171. The van der Waals surface area contributed by atoms with E-state index in [9.17, 15) is 0 Å². The molecule has 3 aliphatic rings. The fraction of sp³-hybridized carbons (Fsp3) is 0.500. The minimum Gasteiger partial charge on any atom is -0.377 e. The molecule has 2 aromatic rings. The molecule has 4 nitrogen and oxygen atoms in total. The van der Waals surface area contributed by atoms with Gasteiger partial charge in [0.05, 0.1) is 37.8 Å². The summed E-state index contributed by atoms with van der Waals surface area (Å²) in [6, 6.07) is 4.60. The minimum atomic E-state index is 0.644. The third-order valence-corrected chi connectivity index (χ3v) is 7.86. The van der Waals surface area contributed by atoms with Crippen LogP contribution in [0.1, 0.15) is 35.1 Å². The van der Waals surface area contributed by atoms with E-state index in [2.05, 4.69) is 24.3 Å². The Hall–Kier alpha value is -1.34. The van der Waals surface area contributed by atoms with Gasteiger partial charge in [-0.15, -0.1) is 23.5 Å². The first kappa shape index (κ1) is 20.6. The largest absolute Gasteiger partial charge is 0.377 e. The first-order valence-corrected chi connectivity index (χ1v) is 13.0. The van der Waals surface area contributed by atoms with Crippen molar-refractivity contribution < 1.29 is 9.47 Å². The molecular formula is C24H28N2O2S2. The van der Waals surface area contributed by atoms with Crippen molar-refractivity contribution in [2.75, 3.05) is 37.9 Å². The molecule has 6 heteroatoms. The first-order chi connectivity index (χ1) is 14.9. The molecule has 5 rings (SSSR count). The maximum atomic E-state index is 5.75. The summed E-state index contributed by atoms with van der Waals surface area (Å²) in [6.45, 7) is 2.75. The van der Waals surface area contributed by atoms with Crippen molar-refractivity contribution in [2.24, 2.45) is 0 Å². The summed E-state index contributed by atoms with van der Waals surface area (Å²) < 4.78 is 11.5. The van der Waals surface area contributed by atoms with Crippen LogP contribution in [0.3, 0.4) is 0 Å². The van der Waals surface area contributed by atoms with Crippen LogP contribution in [0, 0.1) is 0 Å². The summed E-state index contributed by atoms with van der Waals surface area (Å²) >= 11 is 3.66. The molecule has 0 fully saturated rings. The van der Waals surface area contributed by atoms with Gasteiger partial charge in [0, 0.05) is 11.5 Å². The Morgan fingerprint density at radius 1 is 0.667 bits per heavy atom. The second kappa shape index (κ2) is 9.86. The number of thioether (sulfide) groups is 2. The van der Waals surface area contributed by atoms with Crippen LogP contribution in [0.4, 0.5) is 0 Å². The van der Waals surface area contributed by atoms with E-state index in [-0.39, 0.29) is 0 Å². The quantitative estimate of drug-likeness (QED) is 0.543. The van der Waals surface area contributed by atoms with Crippen molar-refractivity contribution >= 4 is 23.5 Å². The summed E-state index contributed by atoms with van der Waals surface area (Å²) in [7, 11) is 0. The van der Waals surface area contributed by atoms with Gasteiger partial charge in [-0.1, -0.05) is 12.2 Å². The Morgan fingerprint density at radius 3 is 1.67 bits per heavy atom. The van der Waals surface area contributed by atoms with Crippen LogP contribution in [0.5, 0.6) is 0 Å². The van der Waals surface area contributed by atoms with Gasteiger partial charge in [-0.25, -0.2) is 9.97 Å². The lowest BCUT2D eigenvalue weighted by atomic mass is 10.1. The normalized spacial score (nSPS) is 20.8. The number of rotatable bonds is 0. The smallest absolute Gasteiger partial charge is 0.100 e. The maximum absolute atomic E-state index is 5.75. The Bertz CT molecular complexity index is 870. The van der Waals surface area contributed by atoms with Gasteiger partial charge in [-0.05, 0) is 72.9 Å². The molecule has 0 aromatic carbocycles. The number of hydrogen-bond donors (Lipinski definition) is 0. The minimum absolute atomic E-state index is 0.644. The lowest BCUT2D eigenvalue weighted by Gasteiger charge is -2.14. The fourth-order valence-electron chi connectivity index (χ4n) is 4.42. The Morgan fingerprint density at radius 2 is 1.17 bits per heavy atom. The van der Waals surface area contributed by atoms with Gasteiger partial charge in [0.1, 0.15) is 10.1 Å². The van der Waals surface area contributed by atoms with Gasteiger partial charge < -0.3 is 9.47 Å².